The molecular weight excluding hydrogens is 176 g/mol. The van der Waals surface area contributed by atoms with Crippen molar-refractivity contribution in [1.29, 1.82) is 0 Å². The summed E-state index contributed by atoms with van der Waals surface area (Å²) >= 11 is 0. The highest BCUT2D eigenvalue weighted by Gasteiger charge is 2.19. The second-order valence-electron chi connectivity index (χ2n) is 4.22. The molecule has 2 heteroatoms. The molecule has 0 aliphatic heterocycles. The van der Waals surface area contributed by atoms with Gasteiger partial charge >= 0.3 is 0 Å². The lowest BCUT2D eigenvalue weighted by Crippen LogP contribution is -2.24. The average Bonchev–Trinajstić information content (AvgIpc) is 2.22. The van der Waals surface area contributed by atoms with Crippen molar-refractivity contribution >= 4 is 0 Å². The van der Waals surface area contributed by atoms with Crippen molar-refractivity contribution in [2.45, 2.75) is 59.0 Å². The first-order chi connectivity index (χ1) is 6.69. The summed E-state index contributed by atoms with van der Waals surface area (Å²) in [4.78, 5) is 0. The Morgan fingerprint density at radius 2 is 1.71 bits per heavy atom. The van der Waals surface area contributed by atoms with E-state index in [1.165, 1.54) is 0 Å². The zero-order valence-corrected chi connectivity index (χ0v) is 9.87. The first-order valence-electron chi connectivity index (χ1n) is 5.98. The van der Waals surface area contributed by atoms with Gasteiger partial charge in [-0.1, -0.05) is 40.0 Å². The molecule has 0 aromatic heterocycles. The van der Waals surface area contributed by atoms with E-state index in [4.69, 9.17) is 5.11 Å². The maximum Gasteiger partial charge on any atom is 0.0571 e. The second kappa shape index (κ2) is 8.25. The van der Waals surface area contributed by atoms with Gasteiger partial charge in [0.1, 0.15) is 0 Å². The van der Waals surface area contributed by atoms with Crippen LogP contribution in [0.3, 0.4) is 0 Å². The molecule has 0 aliphatic carbocycles. The van der Waals surface area contributed by atoms with Gasteiger partial charge in [0.25, 0.3) is 0 Å². The zero-order valence-electron chi connectivity index (χ0n) is 9.87. The number of hydrogen-bond acceptors (Lipinski definition) is 2. The molecule has 2 nitrogen and oxygen atoms in total. The number of aliphatic hydroxyl groups excluding tert-OH is 2. The van der Waals surface area contributed by atoms with Crippen molar-refractivity contribution in [2.24, 2.45) is 11.8 Å². The highest BCUT2D eigenvalue weighted by atomic mass is 16.3. The maximum atomic E-state index is 9.96. The van der Waals surface area contributed by atoms with Crippen LogP contribution in [0.4, 0.5) is 0 Å². The van der Waals surface area contributed by atoms with E-state index in [2.05, 4.69) is 20.8 Å². The molecule has 14 heavy (non-hydrogen) atoms. The molecule has 0 radical (unpaired) electrons. The first-order valence-corrected chi connectivity index (χ1v) is 5.98. The molecule has 0 amide bonds. The normalized spacial score (nSPS) is 17.8. The molecule has 0 bridgehead atoms. The highest BCUT2D eigenvalue weighted by Crippen LogP contribution is 2.22. The van der Waals surface area contributed by atoms with E-state index in [1.54, 1.807) is 0 Å². The fourth-order valence-electron chi connectivity index (χ4n) is 1.94. The molecule has 2 N–H and O–H groups in total. The Kier molecular flexibility index (Phi) is 8.20. The van der Waals surface area contributed by atoms with Crippen LogP contribution in [-0.2, 0) is 0 Å². The van der Waals surface area contributed by atoms with Crippen LogP contribution in [0.1, 0.15) is 52.9 Å². The summed E-state index contributed by atoms with van der Waals surface area (Å²) < 4.78 is 0. The summed E-state index contributed by atoms with van der Waals surface area (Å²) in [6.45, 7) is 6.55. The first kappa shape index (κ1) is 13.9. The molecule has 0 fully saturated rings. The Hall–Kier alpha value is -0.0800. The molecule has 0 spiro atoms. The molecular formula is C12H26O2. The van der Waals surface area contributed by atoms with Gasteiger partial charge in [-0.2, -0.15) is 0 Å². The SMILES string of the molecule is CCCC(CC)C(O)CC(CC)CO. The third kappa shape index (κ3) is 4.97. The highest BCUT2D eigenvalue weighted by molar-refractivity contribution is 4.71. The van der Waals surface area contributed by atoms with Crippen molar-refractivity contribution < 1.29 is 10.2 Å². The zero-order chi connectivity index (χ0) is 11.0. The van der Waals surface area contributed by atoms with Gasteiger partial charge in [0.05, 0.1) is 6.10 Å². The van der Waals surface area contributed by atoms with E-state index in [1.807, 2.05) is 0 Å². The number of aliphatic hydroxyl groups is 2. The van der Waals surface area contributed by atoms with Gasteiger partial charge < -0.3 is 10.2 Å². The molecule has 0 aliphatic rings. The van der Waals surface area contributed by atoms with Crippen LogP contribution < -0.4 is 0 Å². The van der Waals surface area contributed by atoms with Crippen molar-refractivity contribution in [2.75, 3.05) is 6.61 Å². The summed E-state index contributed by atoms with van der Waals surface area (Å²) in [5.74, 6) is 0.691. The van der Waals surface area contributed by atoms with E-state index in [0.29, 0.717) is 5.92 Å². The molecule has 0 heterocycles. The van der Waals surface area contributed by atoms with Crippen LogP contribution in [0.25, 0.3) is 0 Å². The monoisotopic (exact) mass is 202 g/mol. The Balaban J connectivity index is 3.94. The third-order valence-corrected chi connectivity index (χ3v) is 3.14. The van der Waals surface area contributed by atoms with E-state index in [0.717, 1.165) is 32.1 Å². The van der Waals surface area contributed by atoms with Crippen molar-refractivity contribution in [3.8, 4) is 0 Å². The Bertz CT molecular complexity index is 121. The van der Waals surface area contributed by atoms with Crippen LogP contribution >= 0.6 is 0 Å². The molecule has 3 unspecified atom stereocenters. The van der Waals surface area contributed by atoms with Crippen LogP contribution in [-0.4, -0.2) is 22.9 Å². The predicted molar refractivity (Wildman–Crippen MR) is 60.2 cm³/mol. The van der Waals surface area contributed by atoms with E-state index in [9.17, 15) is 5.11 Å². The molecule has 0 rings (SSSR count). The van der Waals surface area contributed by atoms with Gasteiger partial charge in [-0.05, 0) is 24.7 Å². The fraction of sp³-hybridized carbons (Fsp3) is 1.00. The average molecular weight is 202 g/mol. The lowest BCUT2D eigenvalue weighted by Gasteiger charge is -2.24. The maximum absolute atomic E-state index is 9.96. The van der Waals surface area contributed by atoms with Gasteiger partial charge in [0, 0.05) is 6.61 Å². The number of rotatable bonds is 8. The molecule has 3 atom stereocenters. The fourth-order valence-corrected chi connectivity index (χ4v) is 1.94. The summed E-state index contributed by atoms with van der Waals surface area (Å²) in [6, 6.07) is 0. The van der Waals surface area contributed by atoms with Crippen molar-refractivity contribution in [3.63, 3.8) is 0 Å². The van der Waals surface area contributed by atoms with Gasteiger partial charge in [-0.15, -0.1) is 0 Å². The predicted octanol–water partition coefficient (Wildman–Crippen LogP) is 2.58. The topological polar surface area (TPSA) is 40.5 Å². The van der Waals surface area contributed by atoms with Gasteiger partial charge in [0.15, 0.2) is 0 Å². The van der Waals surface area contributed by atoms with Crippen LogP contribution in [0, 0.1) is 11.8 Å². The standard InChI is InChI=1S/C12H26O2/c1-4-7-11(6-3)12(14)8-10(5-2)9-13/h10-14H,4-9H2,1-3H3. The summed E-state index contributed by atoms with van der Waals surface area (Å²) in [5.41, 5.74) is 0. The molecule has 0 saturated carbocycles. The minimum atomic E-state index is -0.225. The van der Waals surface area contributed by atoms with E-state index in [-0.39, 0.29) is 18.6 Å². The second-order valence-corrected chi connectivity index (χ2v) is 4.22. The summed E-state index contributed by atoms with van der Waals surface area (Å²) in [6.07, 6.45) is 4.75. The van der Waals surface area contributed by atoms with E-state index >= 15 is 0 Å². The smallest absolute Gasteiger partial charge is 0.0571 e. The third-order valence-electron chi connectivity index (χ3n) is 3.14. The van der Waals surface area contributed by atoms with Crippen LogP contribution in [0.5, 0.6) is 0 Å². The lowest BCUT2D eigenvalue weighted by molar-refractivity contribution is 0.0605. The Morgan fingerprint density at radius 3 is 2.07 bits per heavy atom. The van der Waals surface area contributed by atoms with Crippen LogP contribution in [0.2, 0.25) is 0 Å². The lowest BCUT2D eigenvalue weighted by atomic mass is 9.87. The minimum Gasteiger partial charge on any atom is -0.396 e. The Morgan fingerprint density at radius 1 is 1.07 bits per heavy atom. The largest absolute Gasteiger partial charge is 0.396 e. The van der Waals surface area contributed by atoms with Crippen molar-refractivity contribution in [3.05, 3.63) is 0 Å². The van der Waals surface area contributed by atoms with Crippen molar-refractivity contribution in [1.82, 2.24) is 0 Å². The molecule has 0 aromatic rings. The molecule has 86 valence electrons. The summed E-state index contributed by atoms with van der Waals surface area (Å²) in [5, 5.41) is 19.0. The van der Waals surface area contributed by atoms with Gasteiger partial charge in [-0.3, -0.25) is 0 Å². The molecule has 0 saturated heterocycles. The van der Waals surface area contributed by atoms with E-state index < -0.39 is 0 Å². The van der Waals surface area contributed by atoms with Gasteiger partial charge in [0.2, 0.25) is 0 Å². The number of hydrogen-bond donors (Lipinski definition) is 2. The summed E-state index contributed by atoms with van der Waals surface area (Å²) in [7, 11) is 0. The quantitative estimate of drug-likeness (QED) is 0.635. The minimum absolute atomic E-state index is 0.204. The van der Waals surface area contributed by atoms with Gasteiger partial charge in [-0.25, -0.2) is 0 Å². The molecule has 0 aromatic carbocycles. The Labute approximate surface area is 88.3 Å². The van der Waals surface area contributed by atoms with Crippen LogP contribution in [0.15, 0.2) is 0 Å².